The molecule has 1 N–H and O–H groups in total. The van der Waals surface area contributed by atoms with E-state index in [1.807, 2.05) is 27.7 Å². The first-order chi connectivity index (χ1) is 37.6. The third-order valence-electron chi connectivity index (χ3n) is 25.2. The Hall–Kier alpha value is -3.22. The molecule has 12 bridgehead atoms. The van der Waals surface area contributed by atoms with Crippen molar-refractivity contribution in [1.29, 1.82) is 0 Å². The number of esters is 6. The van der Waals surface area contributed by atoms with E-state index in [4.69, 9.17) is 28.4 Å². The van der Waals surface area contributed by atoms with Crippen LogP contribution in [0.5, 0.6) is 0 Å². The van der Waals surface area contributed by atoms with Crippen LogP contribution in [0.3, 0.4) is 0 Å². The van der Waals surface area contributed by atoms with E-state index in [0.29, 0.717) is 67.6 Å². The maximum atomic E-state index is 16.0. The topological polar surface area (TPSA) is 178 Å². The average Bonchev–Trinajstić information content (AvgIpc) is 4.30. The number of fused-ring (bicyclic) bond motifs is 3. The minimum atomic E-state index is -1.54. The second-order valence-electron chi connectivity index (χ2n) is 32.7. The van der Waals surface area contributed by atoms with Gasteiger partial charge in [0.15, 0.2) is 0 Å². The Bertz CT molecular complexity index is 2400. The second kappa shape index (κ2) is 20.2. The molecule has 14 aliphatic rings. The predicted octanol–water partition coefficient (Wildman–Crippen LogP) is 12.4. The number of carbonyl (C=O) groups excluding carboxylic acids is 6. The van der Waals surface area contributed by atoms with E-state index in [9.17, 15) is 19.5 Å². The number of ether oxygens (including phenoxy) is 6. The van der Waals surface area contributed by atoms with Crippen molar-refractivity contribution in [3.8, 4) is 0 Å². The molecule has 1 heterocycles. The largest absolute Gasteiger partial charge is 0.465 e. The fourth-order valence-corrected chi connectivity index (χ4v) is 22.2. The van der Waals surface area contributed by atoms with Gasteiger partial charge in [-0.3, -0.25) is 28.8 Å². The van der Waals surface area contributed by atoms with Crippen molar-refractivity contribution in [1.82, 2.24) is 0 Å². The first kappa shape index (κ1) is 57.2. The highest BCUT2D eigenvalue weighted by atomic mass is 16.6. The fraction of sp³-hybridized carbons (Fsp3) is 0.910. The molecule has 446 valence electrons. The van der Waals surface area contributed by atoms with E-state index in [0.717, 1.165) is 89.9 Å². The summed E-state index contributed by atoms with van der Waals surface area (Å²) < 4.78 is 39.2. The summed E-state index contributed by atoms with van der Waals surface area (Å²) in [6, 6.07) is 0. The highest BCUT2D eigenvalue weighted by molar-refractivity contribution is 5.84. The lowest BCUT2D eigenvalue weighted by molar-refractivity contribution is -0.222. The summed E-state index contributed by atoms with van der Waals surface area (Å²) in [7, 11) is 0. The van der Waals surface area contributed by atoms with Crippen LogP contribution < -0.4 is 0 Å². The molecule has 1 aliphatic heterocycles. The van der Waals surface area contributed by atoms with Crippen molar-refractivity contribution in [3.05, 3.63) is 0 Å². The Morgan fingerprint density at radius 2 is 1.31 bits per heavy atom. The number of hydrogen-bond donors (Lipinski definition) is 1. The van der Waals surface area contributed by atoms with E-state index in [2.05, 4.69) is 20.8 Å². The van der Waals surface area contributed by atoms with Gasteiger partial charge in [0, 0.05) is 24.7 Å². The van der Waals surface area contributed by atoms with E-state index < -0.39 is 80.1 Å². The van der Waals surface area contributed by atoms with Gasteiger partial charge < -0.3 is 33.5 Å². The standard InChI is InChI=1S/C67H100O13/c1-38(2)67(15-11-10-12-16-67)80-57(71)62(8,34-51-40(4)46-13-14-47(51)23-46)36-63(9,58(72)79-60(5,6)17-18-75-59(73)64-27-41-19-42(28-64)21-43(20-41)29-64)35-61(7,56(70)77-52-48-24-49-50(25-48)55(69)76-53(49)52)26-39(3)54(68)78-66-32-44-22-45(33-66)31-65(74,30-44)37-66/h38-53,74H,10-37H2,1-9H3. The van der Waals surface area contributed by atoms with Crippen LogP contribution in [-0.4, -0.2) is 82.1 Å². The Labute approximate surface area is 477 Å². The van der Waals surface area contributed by atoms with Crippen molar-refractivity contribution in [2.24, 2.45) is 105 Å². The molecule has 80 heavy (non-hydrogen) atoms. The molecule has 13 nitrogen and oxygen atoms in total. The second-order valence-corrected chi connectivity index (χ2v) is 32.7. The Morgan fingerprint density at radius 3 is 1.93 bits per heavy atom. The highest BCUT2D eigenvalue weighted by Gasteiger charge is 2.65. The lowest BCUT2D eigenvalue weighted by Gasteiger charge is -2.59. The van der Waals surface area contributed by atoms with Gasteiger partial charge in [-0.1, -0.05) is 34.1 Å². The van der Waals surface area contributed by atoms with Gasteiger partial charge in [0.25, 0.3) is 0 Å². The van der Waals surface area contributed by atoms with Crippen LogP contribution in [-0.2, 0) is 57.2 Å². The lowest BCUT2D eigenvalue weighted by Crippen LogP contribution is -2.60. The van der Waals surface area contributed by atoms with Gasteiger partial charge in [-0.25, -0.2) is 0 Å². The van der Waals surface area contributed by atoms with Gasteiger partial charge in [-0.05, 0) is 248 Å². The minimum Gasteiger partial charge on any atom is -0.465 e. The van der Waals surface area contributed by atoms with Gasteiger partial charge in [-0.15, -0.1) is 0 Å². The van der Waals surface area contributed by atoms with Crippen LogP contribution >= 0.6 is 0 Å². The molecule has 14 rings (SSSR count). The molecular weight excluding hydrogens is 1010 g/mol. The molecule has 0 aromatic heterocycles. The van der Waals surface area contributed by atoms with Crippen molar-refractivity contribution in [3.63, 3.8) is 0 Å². The predicted molar refractivity (Wildman–Crippen MR) is 296 cm³/mol. The molecule has 0 spiro atoms. The Morgan fingerprint density at radius 1 is 0.688 bits per heavy atom. The van der Waals surface area contributed by atoms with Crippen LogP contribution in [0.2, 0.25) is 0 Å². The van der Waals surface area contributed by atoms with Crippen molar-refractivity contribution in [2.45, 2.75) is 270 Å². The molecule has 1 saturated heterocycles. The highest BCUT2D eigenvalue weighted by Crippen LogP contribution is 2.63. The quantitative estimate of drug-likeness (QED) is 0.0849. The number of aliphatic hydroxyl groups is 1. The fourth-order valence-electron chi connectivity index (χ4n) is 22.2. The number of hydrogen-bond acceptors (Lipinski definition) is 13. The third kappa shape index (κ3) is 10.3. The molecule has 13 heteroatoms. The molecule has 15 atom stereocenters. The van der Waals surface area contributed by atoms with Gasteiger partial charge in [0.05, 0.1) is 45.7 Å². The summed E-state index contributed by atoms with van der Waals surface area (Å²) in [5, 5.41) is 11.7. The van der Waals surface area contributed by atoms with Gasteiger partial charge in [-0.2, -0.15) is 0 Å². The third-order valence-corrected chi connectivity index (χ3v) is 25.2. The number of rotatable bonds is 21. The molecule has 13 saturated carbocycles. The maximum Gasteiger partial charge on any atom is 0.312 e. The maximum absolute atomic E-state index is 16.0. The summed E-state index contributed by atoms with van der Waals surface area (Å²) in [6.45, 7) is 17.8. The smallest absolute Gasteiger partial charge is 0.312 e. The normalized spacial score (nSPS) is 42.8. The van der Waals surface area contributed by atoms with Crippen molar-refractivity contribution >= 4 is 35.8 Å². The van der Waals surface area contributed by atoms with E-state index in [-0.39, 0.29) is 91.6 Å². The Kier molecular flexibility index (Phi) is 14.5. The van der Waals surface area contributed by atoms with Crippen LogP contribution in [0.1, 0.15) is 236 Å². The molecule has 14 fully saturated rings. The van der Waals surface area contributed by atoms with Crippen LogP contribution in [0, 0.1) is 105 Å². The molecular formula is C67H100O13. The first-order valence-corrected chi connectivity index (χ1v) is 32.6. The summed E-state index contributed by atoms with van der Waals surface area (Å²) in [5.74, 6) is 0.729. The van der Waals surface area contributed by atoms with Gasteiger partial charge >= 0.3 is 35.8 Å². The SMILES string of the molecule is CC(CC(C)(CC(C)(CC(C)(CC1C2CCC(C2)C1C)C(=O)OC1(C(C)C)CCCCC1)C(=O)OC(C)(C)CCOC(=O)C12CC3CC(CC(C3)C1)C2)C(=O)OC1C2CC3C(=O)OC1C3C2)C(=O)OC12CC3CC(CC(O)(C3)C1)C2. The first-order valence-electron chi connectivity index (χ1n) is 32.6. The van der Waals surface area contributed by atoms with E-state index >= 15 is 14.4 Å². The monoisotopic (exact) mass is 1110 g/mol. The van der Waals surface area contributed by atoms with Gasteiger partial charge in [0.1, 0.15) is 29.0 Å². The van der Waals surface area contributed by atoms with Crippen molar-refractivity contribution < 1.29 is 62.3 Å². The summed E-state index contributed by atoms with van der Waals surface area (Å²) in [4.78, 5) is 89.5. The Balaban J connectivity index is 0.865. The van der Waals surface area contributed by atoms with E-state index in [1.54, 1.807) is 13.8 Å². The molecule has 13 aliphatic carbocycles. The molecule has 0 radical (unpaired) electrons. The molecule has 15 unspecified atom stereocenters. The summed E-state index contributed by atoms with van der Waals surface area (Å²) in [6.07, 6.45) is 19.4. The number of carbonyl (C=O) groups is 6. The van der Waals surface area contributed by atoms with Crippen LogP contribution in [0.25, 0.3) is 0 Å². The molecule has 0 aromatic rings. The summed E-state index contributed by atoms with van der Waals surface area (Å²) in [5.41, 5.74) is -8.08. The zero-order chi connectivity index (χ0) is 56.7. The molecule has 0 aromatic carbocycles. The zero-order valence-corrected chi connectivity index (χ0v) is 50.4. The zero-order valence-electron chi connectivity index (χ0n) is 50.4. The van der Waals surface area contributed by atoms with Crippen LogP contribution in [0.4, 0.5) is 0 Å². The lowest BCUT2D eigenvalue weighted by atomic mass is 9.49. The minimum absolute atomic E-state index is 0.0196. The van der Waals surface area contributed by atoms with Gasteiger partial charge in [0.2, 0.25) is 0 Å². The van der Waals surface area contributed by atoms with Crippen LogP contribution in [0.15, 0.2) is 0 Å². The molecule has 0 amide bonds. The summed E-state index contributed by atoms with van der Waals surface area (Å²) >= 11 is 0. The van der Waals surface area contributed by atoms with E-state index in [1.165, 1.54) is 25.7 Å². The average molecular weight is 1110 g/mol. The van der Waals surface area contributed by atoms with Crippen molar-refractivity contribution in [2.75, 3.05) is 6.61 Å².